The van der Waals surface area contributed by atoms with Gasteiger partial charge in [-0.25, -0.2) is 0 Å². The van der Waals surface area contributed by atoms with Crippen LogP contribution >= 0.6 is 0 Å². The molecule has 0 rings (SSSR count). The highest BCUT2D eigenvalue weighted by atomic mass is 14.7. The van der Waals surface area contributed by atoms with Gasteiger partial charge < -0.3 is 0 Å². The van der Waals surface area contributed by atoms with E-state index in [1.54, 1.807) is 6.21 Å². The van der Waals surface area contributed by atoms with E-state index < -0.39 is 0 Å². The van der Waals surface area contributed by atoms with Crippen LogP contribution in [-0.4, -0.2) is 12.8 Å². The van der Waals surface area contributed by atoms with Gasteiger partial charge in [-0.2, -0.15) is 0 Å². The summed E-state index contributed by atoms with van der Waals surface area (Å²) in [6.45, 7) is 5.28. The molecule has 0 aliphatic heterocycles. The van der Waals surface area contributed by atoms with E-state index in [1.807, 2.05) is 0 Å². The summed E-state index contributed by atoms with van der Waals surface area (Å²) in [6.07, 6.45) is 7.56. The fourth-order valence-corrected chi connectivity index (χ4v) is 0.743. The van der Waals surface area contributed by atoms with Crippen molar-refractivity contribution in [2.45, 2.75) is 46.0 Å². The SMILES string of the molecule is CCCCC#CC=NCCCC. The minimum Gasteiger partial charge on any atom is -0.284 e. The Morgan fingerprint density at radius 3 is 2.58 bits per heavy atom. The van der Waals surface area contributed by atoms with Crippen LogP contribution in [0.4, 0.5) is 0 Å². The number of hydrogen-bond donors (Lipinski definition) is 0. The highest BCUT2D eigenvalue weighted by molar-refractivity contribution is 5.78. The van der Waals surface area contributed by atoms with Gasteiger partial charge in [-0.05, 0) is 12.8 Å². The van der Waals surface area contributed by atoms with Crippen LogP contribution in [0.15, 0.2) is 4.99 Å². The monoisotopic (exact) mass is 165 g/mol. The molecule has 0 unspecified atom stereocenters. The summed E-state index contributed by atoms with van der Waals surface area (Å²) >= 11 is 0. The van der Waals surface area contributed by atoms with Crippen molar-refractivity contribution in [2.24, 2.45) is 4.99 Å². The van der Waals surface area contributed by atoms with Gasteiger partial charge in [-0.3, -0.25) is 4.99 Å². The van der Waals surface area contributed by atoms with E-state index in [0.717, 1.165) is 13.0 Å². The molecule has 0 N–H and O–H groups in total. The molecule has 0 aliphatic rings. The van der Waals surface area contributed by atoms with Crippen LogP contribution in [0.1, 0.15) is 46.0 Å². The number of unbranched alkanes of at least 4 members (excludes halogenated alkanes) is 3. The van der Waals surface area contributed by atoms with E-state index in [9.17, 15) is 0 Å². The second-order valence-corrected chi connectivity index (χ2v) is 2.81. The lowest BCUT2D eigenvalue weighted by Crippen LogP contribution is -1.78. The minimum atomic E-state index is 0.930. The topological polar surface area (TPSA) is 12.4 Å². The Kier molecular flexibility index (Phi) is 9.57. The predicted octanol–water partition coefficient (Wildman–Crippen LogP) is 3.05. The molecule has 0 fully saturated rings. The van der Waals surface area contributed by atoms with Gasteiger partial charge in [0.2, 0.25) is 0 Å². The quantitative estimate of drug-likeness (QED) is 0.337. The normalized spacial score (nSPS) is 9.83. The first kappa shape index (κ1) is 11.2. The van der Waals surface area contributed by atoms with Crippen molar-refractivity contribution in [1.29, 1.82) is 0 Å². The van der Waals surface area contributed by atoms with Gasteiger partial charge in [-0.15, -0.1) is 0 Å². The molecule has 0 aromatic carbocycles. The fraction of sp³-hybridized carbons (Fsp3) is 0.727. The summed E-state index contributed by atoms with van der Waals surface area (Å²) in [7, 11) is 0. The average molecular weight is 165 g/mol. The summed E-state index contributed by atoms with van der Waals surface area (Å²) in [5.41, 5.74) is 0. The van der Waals surface area contributed by atoms with Crippen LogP contribution in [0, 0.1) is 11.8 Å². The summed E-state index contributed by atoms with van der Waals surface area (Å²) in [6, 6.07) is 0. The standard InChI is InChI=1S/C11H19N/c1-3-5-7-8-9-11-12-10-6-4-2/h11H,3-7,10H2,1-2H3. The maximum Gasteiger partial charge on any atom is 0.0710 e. The number of aliphatic imine (C=N–C) groups is 1. The molecule has 0 aliphatic carbocycles. The second-order valence-electron chi connectivity index (χ2n) is 2.81. The molecule has 0 aromatic rings. The molecule has 0 saturated heterocycles. The average Bonchev–Trinajstić information content (AvgIpc) is 2.10. The molecule has 1 heteroatoms. The Balaban J connectivity index is 3.23. The Bertz CT molecular complexity index is 160. The van der Waals surface area contributed by atoms with Crippen LogP contribution < -0.4 is 0 Å². The zero-order valence-corrected chi connectivity index (χ0v) is 8.27. The van der Waals surface area contributed by atoms with Gasteiger partial charge in [-0.1, -0.05) is 38.5 Å². The molecule has 0 amide bonds. The molecule has 0 saturated carbocycles. The first-order valence-corrected chi connectivity index (χ1v) is 4.88. The van der Waals surface area contributed by atoms with Crippen molar-refractivity contribution in [3.63, 3.8) is 0 Å². The summed E-state index contributed by atoms with van der Waals surface area (Å²) in [5, 5.41) is 0. The highest BCUT2D eigenvalue weighted by Gasteiger charge is 1.76. The Morgan fingerprint density at radius 1 is 1.17 bits per heavy atom. The molecule has 1 nitrogen and oxygen atoms in total. The summed E-state index contributed by atoms with van der Waals surface area (Å²) in [5.74, 6) is 6.00. The van der Waals surface area contributed by atoms with E-state index >= 15 is 0 Å². The van der Waals surface area contributed by atoms with E-state index in [1.165, 1.54) is 25.7 Å². The van der Waals surface area contributed by atoms with Gasteiger partial charge in [0.15, 0.2) is 0 Å². The molecular formula is C11H19N. The zero-order valence-electron chi connectivity index (χ0n) is 8.27. The van der Waals surface area contributed by atoms with Crippen LogP contribution in [0.5, 0.6) is 0 Å². The number of hydrogen-bond acceptors (Lipinski definition) is 1. The maximum atomic E-state index is 4.16. The van der Waals surface area contributed by atoms with Crippen LogP contribution in [-0.2, 0) is 0 Å². The van der Waals surface area contributed by atoms with Crippen molar-refractivity contribution in [3.8, 4) is 11.8 Å². The molecule has 68 valence electrons. The molecule has 0 bridgehead atoms. The highest BCUT2D eigenvalue weighted by Crippen LogP contribution is 1.89. The van der Waals surface area contributed by atoms with E-state index in [-0.39, 0.29) is 0 Å². The Morgan fingerprint density at radius 2 is 1.92 bits per heavy atom. The number of rotatable bonds is 5. The first-order chi connectivity index (χ1) is 5.91. The van der Waals surface area contributed by atoms with E-state index in [4.69, 9.17) is 0 Å². The third kappa shape index (κ3) is 9.23. The Labute approximate surface area is 76.3 Å². The van der Waals surface area contributed by atoms with Gasteiger partial charge in [0.05, 0.1) is 6.21 Å². The summed E-state index contributed by atoms with van der Waals surface area (Å²) < 4.78 is 0. The van der Waals surface area contributed by atoms with Crippen molar-refractivity contribution < 1.29 is 0 Å². The van der Waals surface area contributed by atoms with Crippen molar-refractivity contribution in [3.05, 3.63) is 0 Å². The Hall–Kier alpha value is -0.770. The second kappa shape index (κ2) is 10.2. The first-order valence-electron chi connectivity index (χ1n) is 4.88. The largest absolute Gasteiger partial charge is 0.284 e. The third-order valence-corrected chi connectivity index (χ3v) is 1.55. The van der Waals surface area contributed by atoms with E-state index in [2.05, 4.69) is 30.7 Å². The zero-order chi connectivity index (χ0) is 9.07. The third-order valence-electron chi connectivity index (χ3n) is 1.55. The van der Waals surface area contributed by atoms with Gasteiger partial charge in [0.1, 0.15) is 0 Å². The lowest BCUT2D eigenvalue weighted by atomic mass is 10.2. The van der Waals surface area contributed by atoms with Gasteiger partial charge >= 0.3 is 0 Å². The summed E-state index contributed by atoms with van der Waals surface area (Å²) in [4.78, 5) is 4.16. The fourth-order valence-electron chi connectivity index (χ4n) is 0.743. The van der Waals surface area contributed by atoms with Gasteiger partial charge in [0.25, 0.3) is 0 Å². The smallest absolute Gasteiger partial charge is 0.0710 e. The van der Waals surface area contributed by atoms with Crippen molar-refractivity contribution in [2.75, 3.05) is 6.54 Å². The van der Waals surface area contributed by atoms with Crippen LogP contribution in [0.25, 0.3) is 0 Å². The molecular weight excluding hydrogens is 146 g/mol. The molecule has 0 heterocycles. The van der Waals surface area contributed by atoms with Crippen molar-refractivity contribution >= 4 is 6.21 Å². The van der Waals surface area contributed by atoms with Crippen molar-refractivity contribution in [1.82, 2.24) is 0 Å². The van der Waals surface area contributed by atoms with Crippen LogP contribution in [0.3, 0.4) is 0 Å². The molecule has 0 spiro atoms. The molecule has 0 radical (unpaired) electrons. The minimum absolute atomic E-state index is 0.930. The lowest BCUT2D eigenvalue weighted by Gasteiger charge is -1.85. The molecule has 12 heavy (non-hydrogen) atoms. The predicted molar refractivity (Wildman–Crippen MR) is 55.6 cm³/mol. The number of nitrogens with zero attached hydrogens (tertiary/aromatic N) is 1. The van der Waals surface area contributed by atoms with Gasteiger partial charge in [0, 0.05) is 13.0 Å². The van der Waals surface area contributed by atoms with E-state index in [0.29, 0.717) is 0 Å². The maximum absolute atomic E-state index is 4.16. The van der Waals surface area contributed by atoms with Crippen LogP contribution in [0.2, 0.25) is 0 Å². The lowest BCUT2D eigenvalue weighted by molar-refractivity contribution is 0.810. The molecule has 0 atom stereocenters. The molecule has 0 aromatic heterocycles.